The molecule has 0 N–H and O–H groups in total. The van der Waals surface area contributed by atoms with Gasteiger partial charge in [0.2, 0.25) is 0 Å². The standard InChI is InChI=1S/C20H20O4S/c1-4-20(2)18(15-10-12-16(13-11-15)25(3,22)23)17(19(21)24-20)14-8-6-5-7-9-14/h5-13H,4H2,1-3H3. The number of esters is 1. The number of hydrogen-bond acceptors (Lipinski definition) is 4. The molecule has 0 aromatic heterocycles. The first-order chi connectivity index (χ1) is 11.8. The van der Waals surface area contributed by atoms with Crippen molar-refractivity contribution < 1.29 is 17.9 Å². The number of sulfone groups is 1. The summed E-state index contributed by atoms with van der Waals surface area (Å²) in [5, 5.41) is 0. The Balaban J connectivity index is 2.23. The van der Waals surface area contributed by atoms with Gasteiger partial charge in [-0.05, 0) is 36.6 Å². The van der Waals surface area contributed by atoms with E-state index < -0.39 is 15.4 Å². The number of carbonyl (C=O) groups excluding carboxylic acids is 1. The topological polar surface area (TPSA) is 60.4 Å². The summed E-state index contributed by atoms with van der Waals surface area (Å²) >= 11 is 0. The molecule has 25 heavy (non-hydrogen) atoms. The van der Waals surface area contributed by atoms with Crippen LogP contribution < -0.4 is 0 Å². The van der Waals surface area contributed by atoms with Gasteiger partial charge in [0.15, 0.2) is 9.84 Å². The average molecular weight is 356 g/mol. The lowest BCUT2D eigenvalue weighted by molar-refractivity contribution is -0.143. The van der Waals surface area contributed by atoms with E-state index in [1.807, 2.05) is 44.2 Å². The summed E-state index contributed by atoms with van der Waals surface area (Å²) in [7, 11) is -3.27. The minimum atomic E-state index is -3.27. The number of benzene rings is 2. The molecule has 1 unspecified atom stereocenters. The molecule has 5 heteroatoms. The Hall–Kier alpha value is -2.40. The second kappa shape index (κ2) is 6.15. The maximum Gasteiger partial charge on any atom is 0.340 e. The molecule has 0 spiro atoms. The van der Waals surface area contributed by atoms with Crippen LogP contribution in [0.2, 0.25) is 0 Å². The SMILES string of the molecule is CCC1(C)OC(=O)C(c2ccccc2)=C1c1ccc(S(C)(=O)=O)cc1. The third-order valence-corrected chi connectivity index (χ3v) is 5.74. The third kappa shape index (κ3) is 3.12. The molecule has 130 valence electrons. The van der Waals surface area contributed by atoms with Crippen LogP contribution in [0, 0.1) is 0 Å². The van der Waals surface area contributed by atoms with Crippen LogP contribution in [0.3, 0.4) is 0 Å². The van der Waals surface area contributed by atoms with Crippen molar-refractivity contribution in [3.8, 4) is 0 Å². The summed E-state index contributed by atoms with van der Waals surface area (Å²) in [6.07, 6.45) is 1.80. The van der Waals surface area contributed by atoms with E-state index in [0.29, 0.717) is 12.0 Å². The Labute approximate surface area is 148 Å². The second-order valence-corrected chi connectivity index (χ2v) is 8.40. The molecule has 1 heterocycles. The van der Waals surface area contributed by atoms with Gasteiger partial charge in [-0.1, -0.05) is 49.4 Å². The lowest BCUT2D eigenvalue weighted by Crippen LogP contribution is -2.26. The first-order valence-electron chi connectivity index (χ1n) is 8.10. The zero-order valence-electron chi connectivity index (χ0n) is 14.4. The van der Waals surface area contributed by atoms with Crippen LogP contribution in [0.5, 0.6) is 0 Å². The quantitative estimate of drug-likeness (QED) is 0.783. The fraction of sp³-hybridized carbons (Fsp3) is 0.250. The monoisotopic (exact) mass is 356 g/mol. The molecule has 0 bridgehead atoms. The summed E-state index contributed by atoms with van der Waals surface area (Å²) in [5.74, 6) is -0.349. The molecule has 0 radical (unpaired) electrons. The number of ether oxygens (including phenoxy) is 1. The summed E-state index contributed by atoms with van der Waals surface area (Å²) in [4.78, 5) is 12.8. The summed E-state index contributed by atoms with van der Waals surface area (Å²) in [6, 6.07) is 16.0. The molecule has 1 atom stereocenters. The largest absolute Gasteiger partial charge is 0.451 e. The zero-order chi connectivity index (χ0) is 18.2. The predicted molar refractivity (Wildman–Crippen MR) is 97.6 cm³/mol. The van der Waals surface area contributed by atoms with Gasteiger partial charge >= 0.3 is 5.97 Å². The molecule has 3 rings (SSSR count). The van der Waals surface area contributed by atoms with Crippen molar-refractivity contribution in [1.82, 2.24) is 0 Å². The van der Waals surface area contributed by atoms with Crippen LogP contribution in [-0.2, 0) is 19.4 Å². The predicted octanol–water partition coefficient (Wildman–Crippen LogP) is 3.73. The normalized spacial score (nSPS) is 20.7. The van der Waals surface area contributed by atoms with Crippen molar-refractivity contribution in [3.63, 3.8) is 0 Å². The third-order valence-electron chi connectivity index (χ3n) is 4.61. The minimum Gasteiger partial charge on any atom is -0.451 e. The van der Waals surface area contributed by atoms with E-state index in [1.165, 1.54) is 6.26 Å². The van der Waals surface area contributed by atoms with Gasteiger partial charge in [0.05, 0.1) is 10.5 Å². The smallest absolute Gasteiger partial charge is 0.340 e. The number of cyclic esters (lactones) is 1. The molecule has 0 saturated heterocycles. The fourth-order valence-corrected chi connectivity index (χ4v) is 3.74. The van der Waals surface area contributed by atoms with Crippen molar-refractivity contribution in [3.05, 3.63) is 65.7 Å². The average Bonchev–Trinajstić information content (AvgIpc) is 2.86. The first kappa shape index (κ1) is 17.4. The van der Waals surface area contributed by atoms with Crippen molar-refractivity contribution in [2.24, 2.45) is 0 Å². The molecular formula is C20H20O4S. The first-order valence-corrected chi connectivity index (χ1v) is 9.99. The van der Waals surface area contributed by atoms with E-state index >= 15 is 0 Å². The van der Waals surface area contributed by atoms with E-state index in [2.05, 4.69) is 0 Å². The van der Waals surface area contributed by atoms with Gasteiger partial charge in [-0.3, -0.25) is 0 Å². The van der Waals surface area contributed by atoms with E-state index in [4.69, 9.17) is 4.74 Å². The molecule has 0 aliphatic carbocycles. The minimum absolute atomic E-state index is 0.251. The van der Waals surface area contributed by atoms with Crippen molar-refractivity contribution >= 4 is 27.0 Å². The number of rotatable bonds is 4. The van der Waals surface area contributed by atoms with Gasteiger partial charge in [0.1, 0.15) is 5.60 Å². The van der Waals surface area contributed by atoms with Crippen LogP contribution in [0.4, 0.5) is 0 Å². The second-order valence-electron chi connectivity index (χ2n) is 6.39. The molecule has 0 saturated carbocycles. The number of hydrogen-bond donors (Lipinski definition) is 0. The Kier molecular flexibility index (Phi) is 4.29. The molecule has 4 nitrogen and oxygen atoms in total. The van der Waals surface area contributed by atoms with Crippen LogP contribution in [0.15, 0.2) is 59.5 Å². The molecule has 2 aromatic rings. The van der Waals surface area contributed by atoms with Crippen molar-refractivity contribution in [2.45, 2.75) is 30.8 Å². The summed E-state index contributed by atoms with van der Waals surface area (Å²) in [5.41, 5.74) is 2.19. The van der Waals surface area contributed by atoms with Crippen LogP contribution in [0.25, 0.3) is 11.1 Å². The highest BCUT2D eigenvalue weighted by atomic mass is 32.2. The maximum atomic E-state index is 12.6. The number of carbonyl (C=O) groups is 1. The Morgan fingerprint density at radius 1 is 0.960 bits per heavy atom. The lowest BCUT2D eigenvalue weighted by Gasteiger charge is -2.25. The fourth-order valence-electron chi connectivity index (χ4n) is 3.11. The van der Waals surface area contributed by atoms with E-state index in [1.54, 1.807) is 24.3 Å². The van der Waals surface area contributed by atoms with Crippen LogP contribution in [-0.4, -0.2) is 26.2 Å². The zero-order valence-corrected chi connectivity index (χ0v) is 15.3. The van der Waals surface area contributed by atoms with E-state index in [0.717, 1.165) is 16.7 Å². The summed E-state index contributed by atoms with van der Waals surface area (Å²) < 4.78 is 29.1. The van der Waals surface area contributed by atoms with Crippen molar-refractivity contribution in [2.75, 3.05) is 6.26 Å². The van der Waals surface area contributed by atoms with Gasteiger partial charge in [0, 0.05) is 11.8 Å². The Morgan fingerprint density at radius 2 is 1.56 bits per heavy atom. The van der Waals surface area contributed by atoms with Gasteiger partial charge in [-0.15, -0.1) is 0 Å². The molecule has 2 aromatic carbocycles. The highest BCUT2D eigenvalue weighted by molar-refractivity contribution is 7.90. The van der Waals surface area contributed by atoms with Crippen LogP contribution in [0.1, 0.15) is 31.4 Å². The molecule has 1 aliphatic rings. The van der Waals surface area contributed by atoms with Gasteiger partial charge in [-0.2, -0.15) is 0 Å². The molecular weight excluding hydrogens is 336 g/mol. The summed E-state index contributed by atoms with van der Waals surface area (Å²) in [6.45, 7) is 3.85. The van der Waals surface area contributed by atoms with Gasteiger partial charge in [0.25, 0.3) is 0 Å². The maximum absolute atomic E-state index is 12.6. The highest BCUT2D eigenvalue weighted by Gasteiger charge is 2.43. The Bertz CT molecular complexity index is 941. The van der Waals surface area contributed by atoms with Crippen molar-refractivity contribution in [1.29, 1.82) is 0 Å². The molecule has 1 aliphatic heterocycles. The molecule has 0 fully saturated rings. The van der Waals surface area contributed by atoms with E-state index in [9.17, 15) is 13.2 Å². The van der Waals surface area contributed by atoms with E-state index in [-0.39, 0.29) is 10.9 Å². The van der Waals surface area contributed by atoms with Gasteiger partial charge < -0.3 is 4.74 Å². The Morgan fingerprint density at radius 3 is 2.08 bits per heavy atom. The van der Waals surface area contributed by atoms with Crippen LogP contribution >= 0.6 is 0 Å². The highest BCUT2D eigenvalue weighted by Crippen LogP contribution is 2.45. The molecule has 0 amide bonds. The van der Waals surface area contributed by atoms with Gasteiger partial charge in [-0.25, -0.2) is 13.2 Å². The lowest BCUT2D eigenvalue weighted by atomic mass is 9.84.